The van der Waals surface area contributed by atoms with Gasteiger partial charge in [0.15, 0.2) is 0 Å². The summed E-state index contributed by atoms with van der Waals surface area (Å²) in [6.07, 6.45) is 1.18. The number of halogens is 1. The fourth-order valence-electron chi connectivity index (χ4n) is 1.25. The first kappa shape index (κ1) is 9.99. The number of aromatic hydroxyl groups is 1. The van der Waals surface area contributed by atoms with Crippen LogP contribution < -0.4 is 5.73 Å². The number of rotatable bonds is 3. The molecule has 0 aliphatic rings. The van der Waals surface area contributed by atoms with E-state index in [0.29, 0.717) is 30.5 Å². The summed E-state index contributed by atoms with van der Waals surface area (Å²) >= 11 is 0. The van der Waals surface area contributed by atoms with Crippen molar-refractivity contribution in [3.63, 3.8) is 0 Å². The molecule has 3 N–H and O–H groups in total. The van der Waals surface area contributed by atoms with Crippen molar-refractivity contribution in [2.45, 2.75) is 19.8 Å². The minimum atomic E-state index is -0.350. The van der Waals surface area contributed by atoms with Crippen molar-refractivity contribution in [2.75, 3.05) is 6.54 Å². The van der Waals surface area contributed by atoms with Crippen molar-refractivity contribution < 1.29 is 9.50 Å². The molecule has 0 saturated carbocycles. The van der Waals surface area contributed by atoms with E-state index in [2.05, 4.69) is 0 Å². The van der Waals surface area contributed by atoms with Crippen LogP contribution in [-0.2, 0) is 6.42 Å². The van der Waals surface area contributed by atoms with Crippen molar-refractivity contribution >= 4 is 0 Å². The first-order valence-electron chi connectivity index (χ1n) is 4.34. The minimum absolute atomic E-state index is 0.0634. The average Bonchev–Trinajstić information content (AvgIpc) is 2.12. The Hall–Kier alpha value is -1.09. The molecule has 0 amide bonds. The number of phenolic OH excluding ortho intramolecular Hbond substituents is 1. The monoisotopic (exact) mass is 183 g/mol. The smallest absolute Gasteiger partial charge is 0.130 e. The lowest BCUT2D eigenvalue weighted by molar-refractivity contribution is 0.453. The lowest BCUT2D eigenvalue weighted by atomic mass is 10.0. The maximum Gasteiger partial charge on any atom is 0.130 e. The Bertz CT molecular complexity index is 299. The van der Waals surface area contributed by atoms with Crippen LogP contribution in [0.25, 0.3) is 0 Å². The molecule has 0 aliphatic heterocycles. The summed E-state index contributed by atoms with van der Waals surface area (Å²) in [5, 5.41) is 9.52. The van der Waals surface area contributed by atoms with E-state index < -0.39 is 0 Å². The first-order valence-corrected chi connectivity index (χ1v) is 4.34. The summed E-state index contributed by atoms with van der Waals surface area (Å²) in [5.41, 5.74) is 6.39. The fourth-order valence-corrected chi connectivity index (χ4v) is 1.25. The summed E-state index contributed by atoms with van der Waals surface area (Å²) in [4.78, 5) is 0. The largest absolute Gasteiger partial charge is 0.507 e. The maximum atomic E-state index is 13.2. The van der Waals surface area contributed by atoms with Crippen LogP contribution in [0.2, 0.25) is 0 Å². The van der Waals surface area contributed by atoms with Gasteiger partial charge in [-0.3, -0.25) is 0 Å². The van der Waals surface area contributed by atoms with Gasteiger partial charge in [0, 0.05) is 5.56 Å². The molecule has 3 heteroatoms. The molecule has 0 unspecified atom stereocenters. The third-order valence-corrected chi connectivity index (χ3v) is 2.06. The zero-order valence-electron chi connectivity index (χ0n) is 7.68. The van der Waals surface area contributed by atoms with Crippen molar-refractivity contribution in [3.05, 3.63) is 29.1 Å². The molecular weight excluding hydrogens is 169 g/mol. The summed E-state index contributed by atoms with van der Waals surface area (Å²) < 4.78 is 13.2. The van der Waals surface area contributed by atoms with E-state index in [-0.39, 0.29) is 11.6 Å². The van der Waals surface area contributed by atoms with Crippen LogP contribution in [0.4, 0.5) is 4.39 Å². The van der Waals surface area contributed by atoms with Crippen LogP contribution in [-0.4, -0.2) is 11.7 Å². The zero-order chi connectivity index (χ0) is 9.84. The second kappa shape index (κ2) is 4.23. The zero-order valence-corrected chi connectivity index (χ0v) is 7.68. The van der Waals surface area contributed by atoms with E-state index in [1.165, 1.54) is 6.07 Å². The molecule has 1 aromatic carbocycles. The Morgan fingerprint density at radius 3 is 2.77 bits per heavy atom. The highest BCUT2D eigenvalue weighted by Gasteiger charge is 2.09. The highest BCUT2D eigenvalue weighted by atomic mass is 19.1. The Balaban J connectivity index is 2.96. The topological polar surface area (TPSA) is 46.2 Å². The predicted molar refractivity (Wildman–Crippen MR) is 50.2 cm³/mol. The third-order valence-electron chi connectivity index (χ3n) is 2.06. The van der Waals surface area contributed by atoms with Gasteiger partial charge in [-0.05, 0) is 37.9 Å². The molecule has 0 aromatic heterocycles. The van der Waals surface area contributed by atoms with Gasteiger partial charge in [-0.2, -0.15) is 0 Å². The summed E-state index contributed by atoms with van der Waals surface area (Å²) in [6, 6.07) is 2.94. The van der Waals surface area contributed by atoms with Gasteiger partial charge in [-0.1, -0.05) is 6.07 Å². The van der Waals surface area contributed by atoms with E-state index in [9.17, 15) is 9.50 Å². The van der Waals surface area contributed by atoms with Gasteiger partial charge >= 0.3 is 0 Å². The Labute approximate surface area is 77.2 Å². The van der Waals surface area contributed by atoms with E-state index in [0.717, 1.165) is 0 Å². The predicted octanol–water partition coefficient (Wildman–Crippen LogP) is 1.73. The highest BCUT2D eigenvalue weighted by molar-refractivity contribution is 5.40. The van der Waals surface area contributed by atoms with Gasteiger partial charge in [0.05, 0.1) is 0 Å². The van der Waals surface area contributed by atoms with Gasteiger partial charge in [0.2, 0.25) is 0 Å². The van der Waals surface area contributed by atoms with Crippen molar-refractivity contribution in [1.82, 2.24) is 0 Å². The van der Waals surface area contributed by atoms with Crippen LogP contribution >= 0.6 is 0 Å². The first-order chi connectivity index (χ1) is 6.16. The molecule has 0 bridgehead atoms. The number of hydrogen-bond donors (Lipinski definition) is 2. The number of aryl methyl sites for hydroxylation is 1. The van der Waals surface area contributed by atoms with Crippen molar-refractivity contribution in [1.29, 1.82) is 0 Å². The van der Waals surface area contributed by atoms with E-state index in [4.69, 9.17) is 5.73 Å². The molecule has 1 aromatic rings. The fraction of sp³-hybridized carbons (Fsp3) is 0.400. The Morgan fingerprint density at radius 2 is 2.15 bits per heavy atom. The van der Waals surface area contributed by atoms with Gasteiger partial charge in [0.1, 0.15) is 11.6 Å². The van der Waals surface area contributed by atoms with Crippen LogP contribution in [0, 0.1) is 12.7 Å². The highest BCUT2D eigenvalue weighted by Crippen LogP contribution is 2.25. The third kappa shape index (κ3) is 2.18. The lowest BCUT2D eigenvalue weighted by Gasteiger charge is -2.07. The van der Waals surface area contributed by atoms with Crippen molar-refractivity contribution in [2.24, 2.45) is 5.73 Å². The SMILES string of the molecule is Cc1ccc(F)c(CCCN)c1O. The van der Waals surface area contributed by atoms with Gasteiger partial charge in [0.25, 0.3) is 0 Å². The number of benzene rings is 1. The Morgan fingerprint density at radius 1 is 1.46 bits per heavy atom. The molecule has 0 atom stereocenters. The van der Waals surface area contributed by atoms with E-state index >= 15 is 0 Å². The normalized spacial score (nSPS) is 10.4. The molecule has 72 valence electrons. The van der Waals surface area contributed by atoms with Crippen LogP contribution in [0.3, 0.4) is 0 Å². The average molecular weight is 183 g/mol. The Kier molecular flexibility index (Phi) is 3.25. The standard InChI is InChI=1S/C10H14FNO/c1-7-4-5-9(11)8(10(7)13)3-2-6-12/h4-5,13H,2-3,6,12H2,1H3. The maximum absolute atomic E-state index is 13.2. The molecule has 0 radical (unpaired) electrons. The van der Waals surface area contributed by atoms with Gasteiger partial charge in [-0.15, -0.1) is 0 Å². The number of nitrogens with two attached hydrogens (primary N) is 1. The number of phenols is 1. The second-order valence-electron chi connectivity index (χ2n) is 3.08. The van der Waals surface area contributed by atoms with Gasteiger partial charge < -0.3 is 10.8 Å². The van der Waals surface area contributed by atoms with Gasteiger partial charge in [-0.25, -0.2) is 4.39 Å². The molecule has 13 heavy (non-hydrogen) atoms. The van der Waals surface area contributed by atoms with Crippen LogP contribution in [0.15, 0.2) is 12.1 Å². The summed E-state index contributed by atoms with van der Waals surface area (Å²) in [5.74, 6) is -0.287. The molecule has 0 saturated heterocycles. The second-order valence-corrected chi connectivity index (χ2v) is 3.08. The molecule has 0 spiro atoms. The molecule has 1 rings (SSSR count). The molecule has 0 aliphatic carbocycles. The molecule has 2 nitrogen and oxygen atoms in total. The summed E-state index contributed by atoms with van der Waals surface area (Å²) in [7, 11) is 0. The lowest BCUT2D eigenvalue weighted by Crippen LogP contribution is -2.02. The molecular formula is C10H14FNO. The number of hydrogen-bond acceptors (Lipinski definition) is 2. The summed E-state index contributed by atoms with van der Waals surface area (Å²) in [6.45, 7) is 2.26. The quantitative estimate of drug-likeness (QED) is 0.749. The van der Waals surface area contributed by atoms with E-state index in [1.54, 1.807) is 13.0 Å². The van der Waals surface area contributed by atoms with Crippen LogP contribution in [0.5, 0.6) is 5.75 Å². The minimum Gasteiger partial charge on any atom is -0.507 e. The molecule has 0 fully saturated rings. The van der Waals surface area contributed by atoms with Crippen molar-refractivity contribution in [3.8, 4) is 5.75 Å². The molecule has 0 heterocycles. The van der Waals surface area contributed by atoms with E-state index in [1.807, 2.05) is 0 Å². The van der Waals surface area contributed by atoms with Crippen LogP contribution in [0.1, 0.15) is 17.5 Å².